The highest BCUT2D eigenvalue weighted by atomic mass is 32.1. The number of carbonyl (C=O) groups excluding carboxylic acids is 1. The fourth-order valence-corrected chi connectivity index (χ4v) is 3.96. The van der Waals surface area contributed by atoms with Gasteiger partial charge in [0.1, 0.15) is 16.7 Å². The van der Waals surface area contributed by atoms with E-state index in [1.54, 1.807) is 18.4 Å². The Bertz CT molecular complexity index is 797. The van der Waals surface area contributed by atoms with Crippen LogP contribution in [0.15, 0.2) is 0 Å². The van der Waals surface area contributed by atoms with E-state index in [1.807, 2.05) is 0 Å². The molecule has 1 aliphatic heterocycles. The highest BCUT2D eigenvalue weighted by Crippen LogP contribution is 2.26. The lowest BCUT2D eigenvalue weighted by atomic mass is 10.1. The van der Waals surface area contributed by atoms with Crippen molar-refractivity contribution in [3.05, 3.63) is 27.2 Å². The van der Waals surface area contributed by atoms with Crippen LogP contribution in [0.25, 0.3) is 0 Å². The number of amides is 1. The molecule has 0 radical (unpaired) electrons. The van der Waals surface area contributed by atoms with Gasteiger partial charge in [-0.1, -0.05) is 6.92 Å². The molecule has 1 aliphatic rings. The number of aromatic nitrogens is 4. The Balaban J connectivity index is 1.94. The largest absolute Gasteiger partial charge is 0.480 e. The first-order valence-electron chi connectivity index (χ1n) is 7.81. The van der Waals surface area contributed by atoms with Crippen LogP contribution in [0.3, 0.4) is 0 Å². The van der Waals surface area contributed by atoms with E-state index in [0.717, 1.165) is 17.8 Å². The van der Waals surface area contributed by atoms with Gasteiger partial charge in [-0.3, -0.25) is 4.79 Å². The van der Waals surface area contributed by atoms with Gasteiger partial charge in [0, 0.05) is 0 Å². The van der Waals surface area contributed by atoms with Crippen LogP contribution in [-0.4, -0.2) is 47.7 Å². The third-order valence-electron chi connectivity index (χ3n) is 4.10. The van der Waals surface area contributed by atoms with E-state index in [0.29, 0.717) is 22.2 Å². The molecular weight excluding hydrogens is 330 g/mol. The summed E-state index contributed by atoms with van der Waals surface area (Å²) in [5.41, 5.74) is 0.654. The summed E-state index contributed by atoms with van der Waals surface area (Å²) in [6.45, 7) is 5.91. The molecule has 0 aromatic carbocycles. The highest BCUT2D eigenvalue weighted by Gasteiger charge is 2.37. The van der Waals surface area contributed by atoms with E-state index in [2.05, 4.69) is 22.1 Å². The maximum Gasteiger partial charge on any atom is 0.328 e. The number of carbonyl (C=O) groups is 2. The number of aliphatic carboxylic acids is 1. The molecule has 2 aromatic rings. The summed E-state index contributed by atoms with van der Waals surface area (Å²) in [6, 6.07) is -0.934. The predicted octanol–water partition coefficient (Wildman–Crippen LogP) is 1.41. The molecule has 9 heteroatoms. The molecule has 1 N–H and O–H groups in total. The molecule has 2 aromatic heterocycles. The second-order valence-corrected chi connectivity index (χ2v) is 6.92. The van der Waals surface area contributed by atoms with Crippen molar-refractivity contribution in [1.29, 1.82) is 0 Å². The minimum Gasteiger partial charge on any atom is -0.480 e. The van der Waals surface area contributed by atoms with E-state index in [9.17, 15) is 14.7 Å². The Kier molecular flexibility index (Phi) is 4.35. The van der Waals surface area contributed by atoms with Gasteiger partial charge in [0.2, 0.25) is 0 Å². The fourth-order valence-electron chi connectivity index (χ4n) is 2.84. The number of hydrogen-bond acceptors (Lipinski definition) is 6. The molecule has 128 valence electrons. The molecule has 0 spiro atoms. The van der Waals surface area contributed by atoms with Crippen LogP contribution in [-0.2, 0) is 24.3 Å². The summed E-state index contributed by atoms with van der Waals surface area (Å²) in [7, 11) is 0. The average molecular weight is 349 g/mol. The van der Waals surface area contributed by atoms with Crippen molar-refractivity contribution in [2.45, 2.75) is 52.7 Å². The van der Waals surface area contributed by atoms with Gasteiger partial charge in [-0.25, -0.2) is 9.78 Å². The fraction of sp³-hybridized carbons (Fsp3) is 0.533. The summed E-state index contributed by atoms with van der Waals surface area (Å²) >= 11 is 1.35. The van der Waals surface area contributed by atoms with E-state index in [4.69, 9.17) is 0 Å². The third kappa shape index (κ3) is 2.79. The number of nitrogens with zero attached hydrogens (tertiary/aromatic N) is 5. The van der Waals surface area contributed by atoms with Crippen molar-refractivity contribution in [2.24, 2.45) is 0 Å². The molecule has 1 amide bonds. The van der Waals surface area contributed by atoms with Crippen LogP contribution in [0.4, 0.5) is 0 Å². The number of thiazole rings is 1. The number of aryl methyl sites for hydroxylation is 3. The van der Waals surface area contributed by atoms with Crippen molar-refractivity contribution in [3.63, 3.8) is 0 Å². The van der Waals surface area contributed by atoms with Crippen molar-refractivity contribution >= 4 is 23.2 Å². The standard InChI is InChI=1S/C15H19N5O3S/c1-4-5-12-16-8(2)13(24-12)14(21)20-7-11-18-17-9(3)19(11)6-10(20)15(22)23/h10H,4-7H2,1-3H3,(H,22,23). The minimum atomic E-state index is -1.03. The minimum absolute atomic E-state index is 0.136. The normalized spacial score (nSPS) is 17.0. The number of carboxylic acids is 1. The van der Waals surface area contributed by atoms with E-state index < -0.39 is 12.0 Å². The number of rotatable bonds is 4. The molecule has 0 saturated heterocycles. The average Bonchev–Trinajstić information content (AvgIpc) is 3.09. The monoisotopic (exact) mass is 349 g/mol. The second kappa shape index (κ2) is 6.31. The molecule has 1 unspecified atom stereocenters. The quantitative estimate of drug-likeness (QED) is 0.896. The Hall–Kier alpha value is -2.29. The van der Waals surface area contributed by atoms with E-state index in [1.165, 1.54) is 16.2 Å². The molecule has 0 saturated carbocycles. The van der Waals surface area contributed by atoms with Gasteiger partial charge >= 0.3 is 5.97 Å². The van der Waals surface area contributed by atoms with Crippen LogP contribution in [0, 0.1) is 13.8 Å². The number of hydrogen-bond donors (Lipinski definition) is 1. The van der Waals surface area contributed by atoms with Crippen molar-refractivity contribution < 1.29 is 14.7 Å². The van der Waals surface area contributed by atoms with Gasteiger partial charge < -0.3 is 14.6 Å². The van der Waals surface area contributed by atoms with Gasteiger partial charge in [-0.2, -0.15) is 0 Å². The molecular formula is C15H19N5O3S. The lowest BCUT2D eigenvalue weighted by molar-refractivity contribution is -0.143. The van der Waals surface area contributed by atoms with Crippen LogP contribution in [0.1, 0.15) is 45.4 Å². The lowest BCUT2D eigenvalue weighted by Gasteiger charge is -2.33. The summed E-state index contributed by atoms with van der Waals surface area (Å²) < 4.78 is 1.75. The smallest absolute Gasteiger partial charge is 0.328 e. The summed E-state index contributed by atoms with van der Waals surface area (Å²) in [4.78, 5) is 30.9. The molecule has 1 atom stereocenters. The van der Waals surface area contributed by atoms with Gasteiger partial charge in [0.25, 0.3) is 5.91 Å². The molecule has 3 heterocycles. The SMILES string of the molecule is CCCc1nc(C)c(C(=O)N2Cc3nnc(C)n3CC2C(=O)O)s1. The van der Waals surface area contributed by atoms with Crippen LogP contribution in [0.2, 0.25) is 0 Å². The number of carboxylic acid groups (broad SMARTS) is 1. The summed E-state index contributed by atoms with van der Waals surface area (Å²) in [5.74, 6) is -0.0680. The Morgan fingerprint density at radius 3 is 2.75 bits per heavy atom. The number of fused-ring (bicyclic) bond motifs is 1. The summed E-state index contributed by atoms with van der Waals surface area (Å²) in [6.07, 6.45) is 1.76. The maximum absolute atomic E-state index is 12.9. The molecule has 0 bridgehead atoms. The van der Waals surface area contributed by atoms with Crippen LogP contribution >= 0.6 is 11.3 Å². The Labute approximate surface area is 143 Å². The van der Waals surface area contributed by atoms with E-state index >= 15 is 0 Å². The van der Waals surface area contributed by atoms with Gasteiger partial charge in [0.15, 0.2) is 5.82 Å². The van der Waals surface area contributed by atoms with Crippen LogP contribution < -0.4 is 0 Å². The first-order chi connectivity index (χ1) is 11.4. The molecule has 0 fully saturated rings. The lowest BCUT2D eigenvalue weighted by Crippen LogP contribution is -2.50. The van der Waals surface area contributed by atoms with Crippen molar-refractivity contribution in [2.75, 3.05) is 0 Å². The molecule has 8 nitrogen and oxygen atoms in total. The first kappa shape index (κ1) is 16.6. The highest BCUT2D eigenvalue weighted by molar-refractivity contribution is 7.13. The van der Waals surface area contributed by atoms with Crippen molar-refractivity contribution in [1.82, 2.24) is 24.6 Å². The zero-order chi connectivity index (χ0) is 17.4. The Morgan fingerprint density at radius 2 is 2.08 bits per heavy atom. The summed E-state index contributed by atoms with van der Waals surface area (Å²) in [5, 5.41) is 18.5. The van der Waals surface area contributed by atoms with Crippen LogP contribution in [0.5, 0.6) is 0 Å². The molecule has 3 rings (SSSR count). The maximum atomic E-state index is 12.9. The van der Waals surface area contributed by atoms with E-state index in [-0.39, 0.29) is 19.0 Å². The van der Waals surface area contributed by atoms with Gasteiger partial charge in [0.05, 0.1) is 23.8 Å². The van der Waals surface area contributed by atoms with Gasteiger partial charge in [-0.15, -0.1) is 21.5 Å². The third-order valence-corrected chi connectivity index (χ3v) is 5.31. The van der Waals surface area contributed by atoms with Crippen molar-refractivity contribution in [3.8, 4) is 0 Å². The Morgan fingerprint density at radius 1 is 1.33 bits per heavy atom. The molecule has 0 aliphatic carbocycles. The predicted molar refractivity (Wildman–Crippen MR) is 86.9 cm³/mol. The second-order valence-electron chi connectivity index (χ2n) is 5.83. The first-order valence-corrected chi connectivity index (χ1v) is 8.62. The zero-order valence-corrected chi connectivity index (χ0v) is 14.6. The topological polar surface area (TPSA) is 101 Å². The molecule has 24 heavy (non-hydrogen) atoms. The van der Waals surface area contributed by atoms with Gasteiger partial charge in [-0.05, 0) is 26.7 Å². The zero-order valence-electron chi connectivity index (χ0n) is 13.8.